The number of benzene rings is 2. The van der Waals surface area contributed by atoms with Gasteiger partial charge in [-0.1, -0.05) is 36.4 Å². The van der Waals surface area contributed by atoms with Gasteiger partial charge in [0.2, 0.25) is 5.95 Å². The zero-order valence-electron chi connectivity index (χ0n) is 13.5. The fourth-order valence-electron chi connectivity index (χ4n) is 3.11. The molecule has 2 heterocycles. The average Bonchev–Trinajstić information content (AvgIpc) is 2.68. The first kappa shape index (κ1) is 15.3. The summed E-state index contributed by atoms with van der Waals surface area (Å²) in [7, 11) is 0. The van der Waals surface area contributed by atoms with Crippen LogP contribution in [0.5, 0.6) is 0 Å². The number of rotatable bonds is 3. The minimum absolute atomic E-state index is 0.0598. The largest absolute Gasteiger partial charge is 0.336 e. The second kappa shape index (κ2) is 6.32. The Morgan fingerprint density at radius 1 is 1.04 bits per heavy atom. The van der Waals surface area contributed by atoms with Gasteiger partial charge in [0.1, 0.15) is 0 Å². The van der Waals surface area contributed by atoms with E-state index in [4.69, 9.17) is 0 Å². The van der Waals surface area contributed by atoms with Crippen LogP contribution in [0.4, 0.5) is 11.6 Å². The molecule has 0 atom stereocenters. The molecule has 0 amide bonds. The van der Waals surface area contributed by atoms with Crippen LogP contribution in [0.15, 0.2) is 60.8 Å². The normalized spacial score (nSPS) is 13.4. The van der Waals surface area contributed by atoms with E-state index in [2.05, 4.69) is 33.1 Å². The van der Waals surface area contributed by atoms with Gasteiger partial charge in [0, 0.05) is 37.0 Å². The molecule has 0 N–H and O–H groups in total. The van der Waals surface area contributed by atoms with Gasteiger partial charge in [-0.25, -0.2) is 9.97 Å². The maximum absolute atomic E-state index is 11.0. The highest BCUT2D eigenvalue weighted by Crippen LogP contribution is 2.26. The molecule has 25 heavy (non-hydrogen) atoms. The van der Waals surface area contributed by atoms with E-state index in [1.54, 1.807) is 18.3 Å². The van der Waals surface area contributed by atoms with Gasteiger partial charge in [0.05, 0.1) is 10.6 Å². The standard InChI is InChI=1S/C19H16N4O2/c24-23(25)17-7-3-6-15(12-17)18-8-10-20-19(21-18)22-11-9-14-4-1-2-5-16(14)13-22/h1-8,10,12H,9,11,13H2. The Balaban J connectivity index is 1.64. The molecule has 1 aliphatic heterocycles. The molecule has 1 aliphatic rings. The average molecular weight is 332 g/mol. The lowest BCUT2D eigenvalue weighted by molar-refractivity contribution is -0.384. The molecule has 0 bridgehead atoms. The molecule has 0 aliphatic carbocycles. The van der Waals surface area contributed by atoms with Gasteiger partial charge in [-0.05, 0) is 23.6 Å². The van der Waals surface area contributed by atoms with Crippen molar-refractivity contribution in [1.82, 2.24) is 9.97 Å². The van der Waals surface area contributed by atoms with Gasteiger partial charge in [-0.2, -0.15) is 0 Å². The molecule has 0 unspecified atom stereocenters. The van der Waals surface area contributed by atoms with Gasteiger partial charge < -0.3 is 4.90 Å². The predicted molar refractivity (Wildman–Crippen MR) is 95.3 cm³/mol. The summed E-state index contributed by atoms with van der Waals surface area (Å²) >= 11 is 0. The molecule has 124 valence electrons. The van der Waals surface area contributed by atoms with Gasteiger partial charge in [0.15, 0.2) is 0 Å². The van der Waals surface area contributed by atoms with Crippen LogP contribution < -0.4 is 4.90 Å². The van der Waals surface area contributed by atoms with Crippen LogP contribution in [-0.4, -0.2) is 21.4 Å². The van der Waals surface area contributed by atoms with Crippen LogP contribution in [-0.2, 0) is 13.0 Å². The Kier molecular flexibility index (Phi) is 3.85. The number of nitro groups is 1. The fraction of sp³-hybridized carbons (Fsp3) is 0.158. The zero-order chi connectivity index (χ0) is 17.2. The molecule has 0 spiro atoms. The van der Waals surface area contributed by atoms with Crippen molar-refractivity contribution in [2.75, 3.05) is 11.4 Å². The van der Waals surface area contributed by atoms with Crippen LogP contribution in [0.2, 0.25) is 0 Å². The third-order valence-electron chi connectivity index (χ3n) is 4.41. The minimum Gasteiger partial charge on any atom is -0.336 e. The summed E-state index contributed by atoms with van der Waals surface area (Å²) in [6.45, 7) is 1.63. The number of hydrogen-bond donors (Lipinski definition) is 0. The number of nitro benzene ring substituents is 1. The smallest absolute Gasteiger partial charge is 0.270 e. The highest BCUT2D eigenvalue weighted by atomic mass is 16.6. The SMILES string of the molecule is O=[N+]([O-])c1cccc(-c2ccnc(N3CCc4ccccc4C3)n2)c1. The summed E-state index contributed by atoms with van der Waals surface area (Å²) in [6, 6.07) is 16.7. The number of anilines is 1. The second-order valence-corrected chi connectivity index (χ2v) is 5.99. The van der Waals surface area contributed by atoms with Gasteiger partial charge in [-0.15, -0.1) is 0 Å². The second-order valence-electron chi connectivity index (χ2n) is 5.99. The van der Waals surface area contributed by atoms with E-state index in [9.17, 15) is 10.1 Å². The molecule has 0 radical (unpaired) electrons. The molecular formula is C19H16N4O2. The fourth-order valence-corrected chi connectivity index (χ4v) is 3.11. The number of nitrogens with zero attached hydrogens (tertiary/aromatic N) is 4. The maximum atomic E-state index is 11.0. The van der Waals surface area contributed by atoms with Crippen molar-refractivity contribution in [2.45, 2.75) is 13.0 Å². The Morgan fingerprint density at radius 2 is 1.88 bits per heavy atom. The monoisotopic (exact) mass is 332 g/mol. The Labute approximate surface area is 144 Å². The zero-order valence-corrected chi connectivity index (χ0v) is 13.5. The summed E-state index contributed by atoms with van der Waals surface area (Å²) in [5.41, 5.74) is 4.12. The molecule has 6 heteroatoms. The highest BCUT2D eigenvalue weighted by Gasteiger charge is 2.18. The first-order valence-electron chi connectivity index (χ1n) is 8.10. The summed E-state index contributed by atoms with van der Waals surface area (Å²) in [4.78, 5) is 21.8. The van der Waals surface area contributed by atoms with Gasteiger partial charge in [0.25, 0.3) is 5.69 Å². The van der Waals surface area contributed by atoms with Crippen LogP contribution in [0.3, 0.4) is 0 Å². The van der Waals surface area contributed by atoms with Crippen molar-refractivity contribution in [2.24, 2.45) is 0 Å². The van der Waals surface area contributed by atoms with E-state index in [1.165, 1.54) is 23.3 Å². The molecule has 3 aromatic rings. The van der Waals surface area contributed by atoms with Crippen molar-refractivity contribution in [3.05, 3.63) is 82.0 Å². The van der Waals surface area contributed by atoms with Crippen LogP contribution in [0, 0.1) is 10.1 Å². The topological polar surface area (TPSA) is 72.2 Å². The molecule has 4 rings (SSSR count). The molecule has 2 aromatic carbocycles. The van der Waals surface area contributed by atoms with Gasteiger partial charge in [-0.3, -0.25) is 10.1 Å². The Morgan fingerprint density at radius 3 is 2.72 bits per heavy atom. The van der Waals surface area contributed by atoms with E-state index < -0.39 is 4.92 Å². The number of non-ortho nitro benzene ring substituents is 1. The van der Waals surface area contributed by atoms with E-state index in [0.29, 0.717) is 11.6 Å². The van der Waals surface area contributed by atoms with Crippen molar-refractivity contribution in [3.8, 4) is 11.3 Å². The number of hydrogen-bond acceptors (Lipinski definition) is 5. The molecule has 0 fully saturated rings. The highest BCUT2D eigenvalue weighted by molar-refractivity contribution is 5.63. The van der Waals surface area contributed by atoms with Crippen LogP contribution in [0.1, 0.15) is 11.1 Å². The predicted octanol–water partition coefficient (Wildman–Crippen LogP) is 3.61. The van der Waals surface area contributed by atoms with Crippen molar-refractivity contribution >= 4 is 11.6 Å². The summed E-state index contributed by atoms with van der Waals surface area (Å²) in [6.07, 6.45) is 2.66. The van der Waals surface area contributed by atoms with Crippen LogP contribution in [0.25, 0.3) is 11.3 Å². The first-order chi connectivity index (χ1) is 12.2. The summed E-state index contributed by atoms with van der Waals surface area (Å²) in [5.74, 6) is 0.651. The third-order valence-corrected chi connectivity index (χ3v) is 4.41. The number of aromatic nitrogens is 2. The lowest BCUT2D eigenvalue weighted by Gasteiger charge is -2.28. The number of fused-ring (bicyclic) bond motifs is 1. The van der Waals surface area contributed by atoms with E-state index in [-0.39, 0.29) is 5.69 Å². The van der Waals surface area contributed by atoms with Crippen LogP contribution >= 0.6 is 0 Å². The van der Waals surface area contributed by atoms with E-state index in [1.807, 2.05) is 12.1 Å². The molecule has 0 saturated carbocycles. The molecule has 6 nitrogen and oxygen atoms in total. The lowest BCUT2D eigenvalue weighted by atomic mass is 10.0. The molecule has 0 saturated heterocycles. The quantitative estimate of drug-likeness (QED) is 0.541. The van der Waals surface area contributed by atoms with E-state index in [0.717, 1.165) is 25.1 Å². The van der Waals surface area contributed by atoms with Crippen molar-refractivity contribution < 1.29 is 4.92 Å². The van der Waals surface area contributed by atoms with Gasteiger partial charge >= 0.3 is 0 Å². The van der Waals surface area contributed by atoms with Crippen molar-refractivity contribution in [3.63, 3.8) is 0 Å². The molecule has 1 aromatic heterocycles. The Hall–Kier alpha value is -3.28. The maximum Gasteiger partial charge on any atom is 0.270 e. The van der Waals surface area contributed by atoms with Crippen molar-refractivity contribution in [1.29, 1.82) is 0 Å². The summed E-state index contributed by atoms with van der Waals surface area (Å²) in [5, 5.41) is 11.0. The third kappa shape index (κ3) is 3.06. The minimum atomic E-state index is -0.396. The van der Waals surface area contributed by atoms with E-state index >= 15 is 0 Å². The first-order valence-corrected chi connectivity index (χ1v) is 8.10. The lowest BCUT2D eigenvalue weighted by Crippen LogP contribution is -2.31. The Bertz CT molecular complexity index is 942. The molecular weight excluding hydrogens is 316 g/mol. The summed E-state index contributed by atoms with van der Waals surface area (Å²) < 4.78 is 0.